The van der Waals surface area contributed by atoms with Crippen LogP contribution in [0.5, 0.6) is 0 Å². The summed E-state index contributed by atoms with van der Waals surface area (Å²) < 4.78 is 0. The molecule has 19 heavy (non-hydrogen) atoms. The average Bonchev–Trinajstić information content (AvgIpc) is 2.46. The van der Waals surface area contributed by atoms with Gasteiger partial charge in [-0.15, -0.1) is 0 Å². The summed E-state index contributed by atoms with van der Waals surface area (Å²) in [7, 11) is 0. The van der Waals surface area contributed by atoms with Crippen LogP contribution in [0.2, 0.25) is 5.15 Å². The lowest BCUT2D eigenvalue weighted by Crippen LogP contribution is -2.36. The zero-order chi connectivity index (χ0) is 13.2. The van der Waals surface area contributed by atoms with E-state index in [2.05, 4.69) is 16.0 Å². The van der Waals surface area contributed by atoms with Crippen molar-refractivity contribution in [1.29, 1.82) is 0 Å². The van der Waals surface area contributed by atoms with Crippen LogP contribution in [0, 0.1) is 0 Å². The average molecular weight is 274 g/mol. The quantitative estimate of drug-likeness (QED) is 0.803. The van der Waals surface area contributed by atoms with Crippen molar-refractivity contribution in [2.24, 2.45) is 0 Å². The van der Waals surface area contributed by atoms with E-state index in [1.165, 1.54) is 18.0 Å². The van der Waals surface area contributed by atoms with Gasteiger partial charge in [-0.05, 0) is 24.5 Å². The summed E-state index contributed by atoms with van der Waals surface area (Å²) in [6.45, 7) is 0.698. The highest BCUT2D eigenvalue weighted by Gasteiger charge is 2.24. The molecule has 0 aliphatic carbocycles. The highest BCUT2D eigenvalue weighted by Crippen LogP contribution is 2.27. The van der Waals surface area contributed by atoms with E-state index in [1.807, 2.05) is 18.2 Å². The largest absolute Gasteiger partial charge is 0.307 e. The number of amides is 1. The van der Waals surface area contributed by atoms with E-state index in [-0.39, 0.29) is 16.8 Å². The third-order valence-corrected chi connectivity index (χ3v) is 3.36. The lowest BCUT2D eigenvalue weighted by Gasteiger charge is -2.29. The van der Waals surface area contributed by atoms with Crippen molar-refractivity contribution in [3.63, 3.8) is 0 Å². The van der Waals surface area contributed by atoms with Gasteiger partial charge in [0.15, 0.2) is 0 Å². The van der Waals surface area contributed by atoms with E-state index in [9.17, 15) is 4.79 Å². The molecule has 1 aromatic carbocycles. The van der Waals surface area contributed by atoms with Crippen molar-refractivity contribution in [1.82, 2.24) is 9.97 Å². The minimum Gasteiger partial charge on any atom is -0.307 e. The Labute approximate surface area is 116 Å². The zero-order valence-corrected chi connectivity index (χ0v) is 11.0. The van der Waals surface area contributed by atoms with Gasteiger partial charge in [0.2, 0.25) is 0 Å². The normalized spacial score (nSPS) is 14.1. The van der Waals surface area contributed by atoms with E-state index in [0.29, 0.717) is 6.54 Å². The third-order valence-electron chi connectivity index (χ3n) is 3.18. The first kappa shape index (κ1) is 12.1. The number of hydrogen-bond acceptors (Lipinski definition) is 3. The molecule has 1 aliphatic rings. The van der Waals surface area contributed by atoms with Crippen molar-refractivity contribution in [3.05, 3.63) is 53.1 Å². The smallest absolute Gasteiger partial charge is 0.278 e. The second-order valence-corrected chi connectivity index (χ2v) is 4.80. The number of carbonyl (C=O) groups is 1. The number of rotatable bonds is 1. The van der Waals surface area contributed by atoms with Gasteiger partial charge in [0.1, 0.15) is 10.8 Å². The third kappa shape index (κ3) is 2.31. The van der Waals surface area contributed by atoms with Crippen LogP contribution >= 0.6 is 11.6 Å². The molecule has 0 spiro atoms. The first-order valence-corrected chi connectivity index (χ1v) is 6.51. The maximum atomic E-state index is 12.5. The number of hydrogen-bond donors (Lipinski definition) is 0. The summed E-state index contributed by atoms with van der Waals surface area (Å²) in [6, 6.07) is 7.95. The van der Waals surface area contributed by atoms with E-state index in [1.54, 1.807) is 4.90 Å². The summed E-state index contributed by atoms with van der Waals surface area (Å²) in [6.07, 6.45) is 4.83. The van der Waals surface area contributed by atoms with Crippen LogP contribution in [0.1, 0.15) is 22.5 Å². The van der Waals surface area contributed by atoms with Crippen molar-refractivity contribution in [3.8, 4) is 0 Å². The Hall–Kier alpha value is -1.94. The van der Waals surface area contributed by atoms with Crippen molar-refractivity contribution >= 4 is 23.2 Å². The molecule has 4 nitrogen and oxygen atoms in total. The monoisotopic (exact) mass is 273 g/mol. The molecule has 0 fully saturated rings. The molecule has 1 amide bonds. The molecule has 96 valence electrons. The predicted molar refractivity (Wildman–Crippen MR) is 73.5 cm³/mol. The summed E-state index contributed by atoms with van der Waals surface area (Å²) in [5.74, 6) is -0.151. The fourth-order valence-corrected chi connectivity index (χ4v) is 2.48. The van der Waals surface area contributed by atoms with Gasteiger partial charge < -0.3 is 4.90 Å². The van der Waals surface area contributed by atoms with Crippen molar-refractivity contribution in [2.45, 2.75) is 12.8 Å². The number of benzene rings is 1. The number of aromatic nitrogens is 2. The van der Waals surface area contributed by atoms with Gasteiger partial charge >= 0.3 is 0 Å². The molecule has 0 atom stereocenters. The Kier molecular flexibility index (Phi) is 3.17. The molecule has 0 saturated heterocycles. The number of aryl methyl sites for hydroxylation is 1. The van der Waals surface area contributed by atoms with E-state index in [4.69, 9.17) is 11.6 Å². The van der Waals surface area contributed by atoms with E-state index in [0.717, 1.165) is 18.5 Å². The van der Waals surface area contributed by atoms with Gasteiger partial charge in [0, 0.05) is 12.2 Å². The second kappa shape index (κ2) is 4.97. The number of carbonyl (C=O) groups excluding carboxylic acids is 1. The molecule has 1 aliphatic heterocycles. The molecule has 0 unspecified atom stereocenters. The molecule has 3 rings (SSSR count). The maximum absolute atomic E-state index is 12.5. The van der Waals surface area contributed by atoms with Gasteiger partial charge in [0.05, 0.1) is 12.4 Å². The zero-order valence-electron chi connectivity index (χ0n) is 10.2. The lowest BCUT2D eigenvalue weighted by atomic mass is 10.0. The van der Waals surface area contributed by atoms with Crippen LogP contribution in [-0.2, 0) is 6.42 Å². The number of anilines is 1. The minimum absolute atomic E-state index is 0.151. The van der Waals surface area contributed by atoms with Crippen molar-refractivity contribution in [2.75, 3.05) is 11.4 Å². The van der Waals surface area contributed by atoms with Crippen LogP contribution < -0.4 is 4.90 Å². The summed E-state index contributed by atoms with van der Waals surface area (Å²) in [5.41, 5.74) is 2.43. The van der Waals surface area contributed by atoms with Crippen LogP contribution in [0.4, 0.5) is 5.69 Å². The summed E-state index contributed by atoms with van der Waals surface area (Å²) in [5, 5.41) is 0.233. The number of nitrogens with zero attached hydrogens (tertiary/aromatic N) is 3. The standard InChI is InChI=1S/C14H12ClN3O/c15-13-9-16-8-11(17-13)14(19)18-7-3-5-10-4-1-2-6-12(10)18/h1-2,4,6,8-9H,3,5,7H2. The minimum atomic E-state index is -0.151. The van der Waals surface area contributed by atoms with E-state index < -0.39 is 0 Å². The van der Waals surface area contributed by atoms with Gasteiger partial charge in [-0.2, -0.15) is 0 Å². The van der Waals surface area contributed by atoms with Gasteiger partial charge in [0.25, 0.3) is 5.91 Å². The molecule has 0 N–H and O–H groups in total. The number of fused-ring (bicyclic) bond motifs is 1. The van der Waals surface area contributed by atoms with Gasteiger partial charge in [-0.1, -0.05) is 29.8 Å². The second-order valence-electron chi connectivity index (χ2n) is 4.42. The first-order chi connectivity index (χ1) is 9.25. The fourth-order valence-electron chi connectivity index (χ4n) is 2.33. The lowest BCUT2D eigenvalue weighted by molar-refractivity contribution is 0.0980. The predicted octanol–water partition coefficient (Wildman–Crippen LogP) is 2.72. The Balaban J connectivity index is 1.98. The van der Waals surface area contributed by atoms with Gasteiger partial charge in [-0.3, -0.25) is 9.78 Å². The highest BCUT2D eigenvalue weighted by atomic mass is 35.5. The fraction of sp³-hybridized carbons (Fsp3) is 0.214. The maximum Gasteiger partial charge on any atom is 0.278 e. The molecule has 0 saturated carbocycles. The Bertz CT molecular complexity index is 630. The van der Waals surface area contributed by atoms with Crippen LogP contribution in [0.15, 0.2) is 36.7 Å². The topological polar surface area (TPSA) is 46.1 Å². The van der Waals surface area contributed by atoms with Gasteiger partial charge in [-0.25, -0.2) is 4.98 Å². The van der Waals surface area contributed by atoms with Crippen LogP contribution in [0.25, 0.3) is 0 Å². The molecule has 0 radical (unpaired) electrons. The van der Waals surface area contributed by atoms with Crippen LogP contribution in [0.3, 0.4) is 0 Å². The Morgan fingerprint density at radius 2 is 2.11 bits per heavy atom. The number of halogens is 1. The van der Waals surface area contributed by atoms with Crippen LogP contribution in [-0.4, -0.2) is 22.4 Å². The molecule has 0 bridgehead atoms. The van der Waals surface area contributed by atoms with E-state index >= 15 is 0 Å². The number of para-hydroxylation sites is 1. The first-order valence-electron chi connectivity index (χ1n) is 6.13. The molecule has 2 aromatic rings. The summed E-state index contributed by atoms with van der Waals surface area (Å²) in [4.78, 5) is 22.2. The highest BCUT2D eigenvalue weighted by molar-refractivity contribution is 6.29. The molecule has 5 heteroatoms. The molecular weight excluding hydrogens is 262 g/mol. The molecular formula is C14H12ClN3O. The Morgan fingerprint density at radius 1 is 1.26 bits per heavy atom. The van der Waals surface area contributed by atoms with Crippen molar-refractivity contribution < 1.29 is 4.79 Å². The Morgan fingerprint density at radius 3 is 2.95 bits per heavy atom. The summed E-state index contributed by atoms with van der Waals surface area (Å²) >= 11 is 5.78. The molecule has 2 heterocycles. The molecule has 1 aromatic heterocycles. The SMILES string of the molecule is O=C(c1cncc(Cl)n1)N1CCCc2ccccc21.